The average Bonchev–Trinajstić information content (AvgIpc) is 3.34. The maximum Gasteiger partial charge on any atom is 0.355 e. The van der Waals surface area contributed by atoms with Crippen molar-refractivity contribution >= 4 is 35.0 Å². The summed E-state index contributed by atoms with van der Waals surface area (Å²) in [6.07, 6.45) is 3.42. The van der Waals surface area contributed by atoms with E-state index in [4.69, 9.17) is 4.74 Å². The van der Waals surface area contributed by atoms with Gasteiger partial charge in [-0.15, -0.1) is 11.3 Å². The molecule has 1 N–H and O–H groups in total. The molecule has 1 saturated heterocycles. The molecule has 1 unspecified atom stereocenters. The SMILES string of the molecule is CC[C@H](C)[C@H](CC(=O)C1CCCCN1C)C(=O)N(C)[C@H](C[C@@H](OC(C)=O)c1nc(C(=O)O)cs1)C(C)C. The average molecular weight is 538 g/mol. The number of amides is 1. The summed E-state index contributed by atoms with van der Waals surface area (Å²) in [6, 6.07) is -0.450. The van der Waals surface area contributed by atoms with Crippen molar-refractivity contribution < 1.29 is 29.0 Å². The van der Waals surface area contributed by atoms with Gasteiger partial charge in [0.15, 0.2) is 17.6 Å². The molecule has 5 atom stereocenters. The van der Waals surface area contributed by atoms with Crippen molar-refractivity contribution in [2.75, 3.05) is 20.6 Å². The number of nitrogens with zero attached hydrogens (tertiary/aromatic N) is 3. The fourth-order valence-corrected chi connectivity index (χ4v) is 5.94. The molecule has 0 saturated carbocycles. The summed E-state index contributed by atoms with van der Waals surface area (Å²) in [7, 11) is 3.72. The third-order valence-electron chi connectivity index (χ3n) is 7.61. The van der Waals surface area contributed by atoms with Crippen LogP contribution in [-0.2, 0) is 19.1 Å². The van der Waals surface area contributed by atoms with Gasteiger partial charge in [0.25, 0.3) is 0 Å². The van der Waals surface area contributed by atoms with E-state index in [1.807, 2.05) is 34.7 Å². The van der Waals surface area contributed by atoms with Crippen molar-refractivity contribution in [3.05, 3.63) is 16.1 Å². The highest BCUT2D eigenvalue weighted by Crippen LogP contribution is 2.32. The molecule has 10 heteroatoms. The molecular weight excluding hydrogens is 494 g/mol. The Morgan fingerprint density at radius 1 is 1.24 bits per heavy atom. The van der Waals surface area contributed by atoms with Crippen LogP contribution >= 0.6 is 11.3 Å². The van der Waals surface area contributed by atoms with Gasteiger partial charge in [-0.2, -0.15) is 0 Å². The number of rotatable bonds is 13. The number of carbonyl (C=O) groups is 4. The number of Topliss-reactive ketones (excluding diaryl/α,β-unsaturated/α-hetero) is 1. The van der Waals surface area contributed by atoms with E-state index in [1.165, 1.54) is 12.3 Å². The zero-order chi connectivity index (χ0) is 27.9. The van der Waals surface area contributed by atoms with Crippen LogP contribution in [0.4, 0.5) is 0 Å². The number of hydrogen-bond donors (Lipinski definition) is 1. The summed E-state index contributed by atoms with van der Waals surface area (Å²) in [4.78, 5) is 58.3. The molecule has 1 fully saturated rings. The normalized spacial score (nSPS) is 19.6. The minimum Gasteiger partial charge on any atom is -0.476 e. The van der Waals surface area contributed by atoms with Crippen LogP contribution in [0, 0.1) is 17.8 Å². The lowest BCUT2D eigenvalue weighted by molar-refractivity contribution is -0.149. The van der Waals surface area contributed by atoms with Crippen molar-refractivity contribution in [3.63, 3.8) is 0 Å². The molecule has 208 valence electrons. The summed E-state index contributed by atoms with van der Waals surface area (Å²) < 4.78 is 5.54. The summed E-state index contributed by atoms with van der Waals surface area (Å²) in [6.45, 7) is 10.2. The Hall–Kier alpha value is -2.33. The molecule has 9 nitrogen and oxygen atoms in total. The summed E-state index contributed by atoms with van der Waals surface area (Å²) >= 11 is 1.12. The van der Waals surface area contributed by atoms with Gasteiger partial charge in [0, 0.05) is 44.2 Å². The lowest BCUT2D eigenvalue weighted by atomic mass is 9.83. The van der Waals surface area contributed by atoms with Gasteiger partial charge in [0.05, 0.1) is 6.04 Å². The molecular formula is C27H43N3O6S. The molecule has 0 aromatic carbocycles. The van der Waals surface area contributed by atoms with Gasteiger partial charge in [-0.05, 0) is 38.3 Å². The van der Waals surface area contributed by atoms with Gasteiger partial charge in [-0.3, -0.25) is 19.3 Å². The second-order valence-electron chi connectivity index (χ2n) is 10.6. The van der Waals surface area contributed by atoms with E-state index in [0.717, 1.165) is 43.6 Å². The Labute approximate surface area is 224 Å². The second-order valence-corrected chi connectivity index (χ2v) is 11.5. The van der Waals surface area contributed by atoms with Crippen LogP contribution in [0.2, 0.25) is 0 Å². The van der Waals surface area contributed by atoms with Gasteiger partial charge in [-0.1, -0.05) is 40.5 Å². The molecule has 0 radical (unpaired) electrons. The molecule has 37 heavy (non-hydrogen) atoms. The summed E-state index contributed by atoms with van der Waals surface area (Å²) in [5, 5.41) is 11.1. The molecule has 1 aliphatic rings. The Bertz CT molecular complexity index is 948. The van der Waals surface area contributed by atoms with Crippen LogP contribution in [0.1, 0.15) is 94.7 Å². The first kappa shape index (κ1) is 30.9. The van der Waals surface area contributed by atoms with Crippen LogP contribution in [0.3, 0.4) is 0 Å². The number of carboxylic acid groups (broad SMARTS) is 1. The highest BCUT2D eigenvalue weighted by Gasteiger charge is 2.37. The van der Waals surface area contributed by atoms with E-state index in [9.17, 15) is 24.3 Å². The number of carboxylic acids is 1. The molecule has 2 heterocycles. The third kappa shape index (κ3) is 8.33. The number of esters is 1. The standard InChI is InChI=1S/C27H43N3O6S/c1-8-17(4)19(13-23(32)21-11-9-10-12-29(21)6)26(33)30(7)22(16(2)3)14-24(36-18(5)31)25-28-20(15-37-25)27(34)35/h15-17,19,21-22,24H,8-14H2,1-7H3,(H,34,35)/t17-,19-,21?,22+,24+/m0/s1. The number of piperidine rings is 1. The van der Waals surface area contributed by atoms with Gasteiger partial charge in [-0.25, -0.2) is 9.78 Å². The Morgan fingerprint density at radius 2 is 1.92 bits per heavy atom. The van der Waals surface area contributed by atoms with E-state index >= 15 is 0 Å². The maximum atomic E-state index is 13.9. The minimum atomic E-state index is -1.15. The predicted molar refractivity (Wildman–Crippen MR) is 142 cm³/mol. The Morgan fingerprint density at radius 3 is 2.43 bits per heavy atom. The van der Waals surface area contributed by atoms with Gasteiger partial charge in [0.1, 0.15) is 5.01 Å². The first-order valence-electron chi connectivity index (χ1n) is 13.2. The topological polar surface area (TPSA) is 117 Å². The zero-order valence-electron chi connectivity index (χ0n) is 23.2. The zero-order valence-corrected chi connectivity index (χ0v) is 24.0. The van der Waals surface area contributed by atoms with Crippen LogP contribution < -0.4 is 0 Å². The fourth-order valence-electron chi connectivity index (χ4n) is 5.11. The maximum absolute atomic E-state index is 13.9. The van der Waals surface area contributed by atoms with Gasteiger partial charge < -0.3 is 14.7 Å². The van der Waals surface area contributed by atoms with Crippen LogP contribution in [0.5, 0.6) is 0 Å². The number of likely N-dealkylation sites (tertiary alicyclic amines) is 1. The lowest BCUT2D eigenvalue weighted by Gasteiger charge is -2.37. The number of likely N-dealkylation sites (N-methyl/N-ethyl adjacent to an activating group) is 1. The van der Waals surface area contributed by atoms with Crippen molar-refractivity contribution in [1.29, 1.82) is 0 Å². The van der Waals surface area contributed by atoms with Crippen molar-refractivity contribution in [2.24, 2.45) is 17.8 Å². The number of ketones is 1. The Kier molecular flexibility index (Phi) is 11.7. The summed E-state index contributed by atoms with van der Waals surface area (Å²) in [5.74, 6) is -2.02. The summed E-state index contributed by atoms with van der Waals surface area (Å²) in [5.41, 5.74) is -0.106. The highest BCUT2D eigenvalue weighted by atomic mass is 32.1. The van der Waals surface area contributed by atoms with Gasteiger partial charge >= 0.3 is 11.9 Å². The van der Waals surface area contributed by atoms with Crippen molar-refractivity contribution in [3.8, 4) is 0 Å². The first-order valence-corrected chi connectivity index (χ1v) is 14.1. The van der Waals surface area contributed by atoms with E-state index in [1.54, 1.807) is 11.9 Å². The van der Waals surface area contributed by atoms with E-state index in [2.05, 4.69) is 9.88 Å². The number of ether oxygens (including phenoxy) is 1. The molecule has 2 rings (SSSR count). The molecule has 1 amide bonds. The molecule has 1 aliphatic heterocycles. The van der Waals surface area contributed by atoms with E-state index in [-0.39, 0.29) is 54.1 Å². The van der Waals surface area contributed by atoms with Crippen molar-refractivity contribution in [1.82, 2.24) is 14.8 Å². The van der Waals surface area contributed by atoms with Crippen LogP contribution in [0.15, 0.2) is 5.38 Å². The number of hydrogen-bond acceptors (Lipinski definition) is 8. The molecule has 0 bridgehead atoms. The molecule has 0 aliphatic carbocycles. The van der Waals surface area contributed by atoms with Crippen LogP contribution in [-0.4, -0.2) is 76.2 Å². The quantitative estimate of drug-likeness (QED) is 0.368. The number of aromatic nitrogens is 1. The molecule has 0 spiro atoms. The number of thiazole rings is 1. The Balaban J connectivity index is 2.27. The monoisotopic (exact) mass is 537 g/mol. The second kappa shape index (κ2) is 14.0. The smallest absolute Gasteiger partial charge is 0.355 e. The lowest BCUT2D eigenvalue weighted by Crippen LogP contribution is -2.48. The van der Waals surface area contributed by atoms with E-state index in [0.29, 0.717) is 5.01 Å². The number of aromatic carboxylic acids is 1. The van der Waals surface area contributed by atoms with Gasteiger partial charge in [0.2, 0.25) is 5.91 Å². The highest BCUT2D eigenvalue weighted by molar-refractivity contribution is 7.09. The minimum absolute atomic E-state index is 0.0173. The van der Waals surface area contributed by atoms with Crippen LogP contribution in [0.25, 0.3) is 0 Å². The van der Waals surface area contributed by atoms with Crippen molar-refractivity contribution in [2.45, 2.75) is 91.3 Å². The molecule has 1 aromatic heterocycles. The molecule has 1 aromatic rings. The fraction of sp³-hybridized carbons (Fsp3) is 0.741. The number of carbonyl (C=O) groups excluding carboxylic acids is 3. The predicted octanol–water partition coefficient (Wildman–Crippen LogP) is 4.42. The third-order valence-corrected chi connectivity index (χ3v) is 8.54. The first-order chi connectivity index (χ1) is 17.4. The largest absolute Gasteiger partial charge is 0.476 e. The van der Waals surface area contributed by atoms with E-state index < -0.39 is 24.0 Å².